The van der Waals surface area contributed by atoms with Crippen molar-refractivity contribution in [2.75, 3.05) is 6.54 Å². The first-order chi connectivity index (χ1) is 11.4. The molecule has 1 aliphatic carbocycles. The second-order valence-electron chi connectivity index (χ2n) is 6.98. The molecule has 3 rings (SSSR count). The van der Waals surface area contributed by atoms with E-state index < -0.39 is 0 Å². The second-order valence-corrected chi connectivity index (χ2v) is 6.98. The molecule has 0 aromatic carbocycles. The molecule has 2 aromatic heterocycles. The van der Waals surface area contributed by atoms with Gasteiger partial charge in [0.1, 0.15) is 5.76 Å². The molecular formula is C17H22N4O3. The number of nitrogens with one attached hydrogen (secondary N) is 1. The Morgan fingerprint density at radius 2 is 2.29 bits per heavy atom. The van der Waals surface area contributed by atoms with E-state index in [-0.39, 0.29) is 11.3 Å². The standard InChI is InChI=1S/C17H22N4O3/c1-11-14-12(20-23)8-17(2,3)9-13(14)24-15(11)16(22)19-5-7-21-6-4-18-10-21/h4,6,10,23H,5,7-9H2,1-3H3,(H,19,22). The van der Waals surface area contributed by atoms with Gasteiger partial charge in [0.15, 0.2) is 5.76 Å². The first-order valence-electron chi connectivity index (χ1n) is 7.99. The number of oxime groups is 1. The Bertz CT molecular complexity index is 772. The molecule has 24 heavy (non-hydrogen) atoms. The number of furan rings is 1. The molecule has 2 aromatic rings. The van der Waals surface area contributed by atoms with Crippen LogP contribution < -0.4 is 5.32 Å². The molecular weight excluding hydrogens is 308 g/mol. The molecule has 0 aliphatic heterocycles. The molecule has 7 nitrogen and oxygen atoms in total. The van der Waals surface area contributed by atoms with E-state index in [9.17, 15) is 10.0 Å². The molecule has 0 saturated carbocycles. The number of carbonyl (C=O) groups is 1. The van der Waals surface area contributed by atoms with Crippen LogP contribution in [0.4, 0.5) is 0 Å². The lowest BCUT2D eigenvalue weighted by atomic mass is 9.75. The number of hydrogen-bond acceptors (Lipinski definition) is 5. The molecule has 0 atom stereocenters. The maximum absolute atomic E-state index is 12.4. The van der Waals surface area contributed by atoms with Crippen molar-refractivity contribution < 1.29 is 14.4 Å². The van der Waals surface area contributed by atoms with Crippen LogP contribution in [0.1, 0.15) is 47.7 Å². The van der Waals surface area contributed by atoms with Gasteiger partial charge >= 0.3 is 0 Å². The monoisotopic (exact) mass is 330 g/mol. The van der Waals surface area contributed by atoms with Crippen molar-refractivity contribution in [3.8, 4) is 0 Å². The van der Waals surface area contributed by atoms with Gasteiger partial charge in [-0.2, -0.15) is 0 Å². The molecule has 7 heteroatoms. The van der Waals surface area contributed by atoms with Crippen LogP contribution >= 0.6 is 0 Å². The lowest BCUT2D eigenvalue weighted by Crippen LogP contribution is -2.27. The smallest absolute Gasteiger partial charge is 0.287 e. The van der Waals surface area contributed by atoms with E-state index in [1.54, 1.807) is 12.5 Å². The van der Waals surface area contributed by atoms with Crippen LogP contribution in [-0.2, 0) is 13.0 Å². The topological polar surface area (TPSA) is 92.7 Å². The van der Waals surface area contributed by atoms with Crippen LogP contribution in [0.15, 0.2) is 28.3 Å². The largest absolute Gasteiger partial charge is 0.455 e. The highest BCUT2D eigenvalue weighted by molar-refractivity contribution is 6.06. The predicted octanol–water partition coefficient (Wildman–Crippen LogP) is 2.37. The third-order valence-electron chi connectivity index (χ3n) is 4.34. The first kappa shape index (κ1) is 16.3. The van der Waals surface area contributed by atoms with Crippen molar-refractivity contribution >= 4 is 11.6 Å². The van der Waals surface area contributed by atoms with Gasteiger partial charge < -0.3 is 19.5 Å². The number of amides is 1. The van der Waals surface area contributed by atoms with Gasteiger partial charge in [0.25, 0.3) is 5.91 Å². The lowest BCUT2D eigenvalue weighted by Gasteiger charge is -2.28. The Morgan fingerprint density at radius 3 is 2.96 bits per heavy atom. The molecule has 0 spiro atoms. The Balaban J connectivity index is 1.77. The fraction of sp³-hybridized carbons (Fsp3) is 0.471. The van der Waals surface area contributed by atoms with Gasteiger partial charge in [-0.25, -0.2) is 4.98 Å². The van der Waals surface area contributed by atoms with Gasteiger partial charge in [-0.3, -0.25) is 4.79 Å². The van der Waals surface area contributed by atoms with Crippen molar-refractivity contribution in [1.29, 1.82) is 0 Å². The molecule has 2 N–H and O–H groups in total. The van der Waals surface area contributed by atoms with E-state index in [1.807, 2.05) is 17.7 Å². The van der Waals surface area contributed by atoms with Crippen molar-refractivity contribution in [2.45, 2.75) is 40.2 Å². The summed E-state index contributed by atoms with van der Waals surface area (Å²) in [4.78, 5) is 16.4. The highest BCUT2D eigenvalue weighted by Crippen LogP contribution is 2.38. The number of fused-ring (bicyclic) bond motifs is 1. The maximum Gasteiger partial charge on any atom is 0.287 e. The summed E-state index contributed by atoms with van der Waals surface area (Å²) in [5.74, 6) is 0.762. The minimum atomic E-state index is -0.253. The van der Waals surface area contributed by atoms with Gasteiger partial charge in [0.05, 0.1) is 12.0 Å². The number of hydrogen-bond donors (Lipinski definition) is 2. The van der Waals surface area contributed by atoms with E-state index >= 15 is 0 Å². The summed E-state index contributed by atoms with van der Waals surface area (Å²) in [6.07, 6.45) is 6.61. The molecule has 2 heterocycles. The summed E-state index contributed by atoms with van der Waals surface area (Å²) in [7, 11) is 0. The molecule has 0 bridgehead atoms. The summed E-state index contributed by atoms with van der Waals surface area (Å²) in [6.45, 7) is 7.12. The normalized spacial score (nSPS) is 17.7. The van der Waals surface area contributed by atoms with Crippen molar-refractivity contribution in [2.24, 2.45) is 10.6 Å². The van der Waals surface area contributed by atoms with E-state index in [0.29, 0.717) is 37.4 Å². The Kier molecular flexibility index (Phi) is 4.17. The maximum atomic E-state index is 12.4. The summed E-state index contributed by atoms with van der Waals surface area (Å²) in [5.41, 5.74) is 2.03. The quantitative estimate of drug-likeness (QED) is 0.665. The number of nitrogens with zero attached hydrogens (tertiary/aromatic N) is 3. The number of rotatable bonds is 4. The number of imidazole rings is 1. The van der Waals surface area contributed by atoms with Crippen LogP contribution in [0.3, 0.4) is 0 Å². The lowest BCUT2D eigenvalue weighted by molar-refractivity contribution is 0.0920. The van der Waals surface area contributed by atoms with E-state index in [0.717, 1.165) is 16.9 Å². The SMILES string of the molecule is Cc1c(C(=O)NCCn2ccnc2)oc2c1C(=NO)CC(C)(C)C2. The predicted molar refractivity (Wildman–Crippen MR) is 88.4 cm³/mol. The van der Waals surface area contributed by atoms with Crippen LogP contribution in [0.5, 0.6) is 0 Å². The van der Waals surface area contributed by atoms with Crippen LogP contribution in [-0.4, -0.2) is 32.9 Å². The summed E-state index contributed by atoms with van der Waals surface area (Å²) in [6, 6.07) is 0. The molecule has 0 unspecified atom stereocenters. The fourth-order valence-electron chi connectivity index (χ4n) is 3.21. The third-order valence-corrected chi connectivity index (χ3v) is 4.34. The second kappa shape index (κ2) is 6.14. The Morgan fingerprint density at radius 1 is 1.50 bits per heavy atom. The van der Waals surface area contributed by atoms with Gasteiger partial charge in [-0.05, 0) is 18.8 Å². The van der Waals surface area contributed by atoms with Gasteiger partial charge in [0.2, 0.25) is 0 Å². The van der Waals surface area contributed by atoms with Crippen LogP contribution in [0, 0.1) is 12.3 Å². The first-order valence-corrected chi connectivity index (χ1v) is 7.99. The Labute approximate surface area is 140 Å². The summed E-state index contributed by atoms with van der Waals surface area (Å²) in [5, 5.41) is 15.6. The average molecular weight is 330 g/mol. The zero-order valence-electron chi connectivity index (χ0n) is 14.2. The van der Waals surface area contributed by atoms with Crippen LogP contribution in [0.25, 0.3) is 0 Å². The summed E-state index contributed by atoms with van der Waals surface area (Å²) >= 11 is 0. The highest BCUT2D eigenvalue weighted by Gasteiger charge is 2.36. The third kappa shape index (κ3) is 3.06. The van der Waals surface area contributed by atoms with E-state index in [4.69, 9.17) is 4.42 Å². The summed E-state index contributed by atoms with van der Waals surface area (Å²) < 4.78 is 7.72. The number of carbonyl (C=O) groups excluding carboxylic acids is 1. The molecule has 0 radical (unpaired) electrons. The fourth-order valence-corrected chi connectivity index (χ4v) is 3.21. The van der Waals surface area contributed by atoms with Crippen molar-refractivity contribution in [1.82, 2.24) is 14.9 Å². The number of aromatic nitrogens is 2. The zero-order chi connectivity index (χ0) is 17.3. The molecule has 0 saturated heterocycles. The minimum absolute atomic E-state index is 0.0615. The van der Waals surface area contributed by atoms with Gasteiger partial charge in [0, 0.05) is 43.0 Å². The van der Waals surface area contributed by atoms with Gasteiger partial charge in [-0.15, -0.1) is 0 Å². The van der Waals surface area contributed by atoms with Gasteiger partial charge in [-0.1, -0.05) is 19.0 Å². The minimum Gasteiger partial charge on any atom is -0.455 e. The van der Waals surface area contributed by atoms with Crippen molar-refractivity contribution in [3.63, 3.8) is 0 Å². The molecule has 1 amide bonds. The molecule has 0 fully saturated rings. The molecule has 1 aliphatic rings. The van der Waals surface area contributed by atoms with E-state index in [2.05, 4.69) is 29.3 Å². The Hall–Kier alpha value is -2.57. The zero-order valence-corrected chi connectivity index (χ0v) is 14.2. The average Bonchev–Trinajstić information content (AvgIpc) is 3.13. The van der Waals surface area contributed by atoms with E-state index in [1.165, 1.54) is 0 Å². The van der Waals surface area contributed by atoms with Crippen LogP contribution in [0.2, 0.25) is 0 Å². The molecule has 128 valence electrons. The van der Waals surface area contributed by atoms with Crippen molar-refractivity contribution in [3.05, 3.63) is 41.4 Å². The highest BCUT2D eigenvalue weighted by atomic mass is 16.4.